The van der Waals surface area contributed by atoms with E-state index in [4.69, 9.17) is 10.00 Å². The van der Waals surface area contributed by atoms with Crippen LogP contribution in [0.5, 0.6) is 0 Å². The molecule has 8 heteroatoms. The quantitative estimate of drug-likeness (QED) is 0.794. The summed E-state index contributed by atoms with van der Waals surface area (Å²) < 4.78 is 7.39. The molecule has 0 aromatic carbocycles. The van der Waals surface area contributed by atoms with Crippen LogP contribution in [0.4, 0.5) is 5.82 Å². The smallest absolute Gasteiger partial charge is 0.293 e. The molecule has 0 bridgehead atoms. The number of rotatable bonds is 5. The molecule has 0 saturated carbocycles. The van der Waals surface area contributed by atoms with Gasteiger partial charge in [0.15, 0.2) is 5.82 Å². The van der Waals surface area contributed by atoms with Gasteiger partial charge in [-0.15, -0.1) is 11.3 Å². The fraction of sp³-hybridized carbons (Fsp3) is 0.471. The molecule has 132 valence electrons. The summed E-state index contributed by atoms with van der Waals surface area (Å²) in [5, 5.41) is 10.8. The Morgan fingerprint density at radius 3 is 3.16 bits per heavy atom. The van der Waals surface area contributed by atoms with E-state index in [2.05, 4.69) is 16.0 Å². The summed E-state index contributed by atoms with van der Waals surface area (Å²) in [4.78, 5) is 21.7. The molecule has 1 aliphatic rings. The lowest BCUT2D eigenvalue weighted by atomic mass is 10.2. The van der Waals surface area contributed by atoms with Crippen LogP contribution in [0.1, 0.15) is 10.4 Å². The van der Waals surface area contributed by atoms with Crippen LogP contribution in [-0.4, -0.2) is 53.8 Å². The number of aromatic nitrogens is 2. The summed E-state index contributed by atoms with van der Waals surface area (Å²) in [5.41, 5.74) is 0.607. The van der Waals surface area contributed by atoms with Crippen LogP contribution in [0.3, 0.4) is 0 Å². The summed E-state index contributed by atoms with van der Waals surface area (Å²) >= 11 is 1.61. The molecule has 0 amide bonds. The van der Waals surface area contributed by atoms with Crippen molar-refractivity contribution in [2.75, 3.05) is 38.2 Å². The van der Waals surface area contributed by atoms with Gasteiger partial charge in [0.25, 0.3) is 5.56 Å². The van der Waals surface area contributed by atoms with Crippen LogP contribution in [0.15, 0.2) is 28.6 Å². The Balaban J connectivity index is 1.60. The van der Waals surface area contributed by atoms with E-state index in [1.165, 1.54) is 9.44 Å². The van der Waals surface area contributed by atoms with E-state index in [1.54, 1.807) is 30.8 Å². The number of hydrogen-bond donors (Lipinski definition) is 0. The van der Waals surface area contributed by atoms with Crippen LogP contribution < -0.4 is 10.5 Å². The normalized spacial score (nSPS) is 18.0. The van der Waals surface area contributed by atoms with Gasteiger partial charge < -0.3 is 14.2 Å². The monoisotopic (exact) mass is 359 g/mol. The van der Waals surface area contributed by atoms with Crippen molar-refractivity contribution in [3.8, 4) is 6.07 Å². The zero-order valence-corrected chi connectivity index (χ0v) is 15.2. The third-order valence-corrected chi connectivity index (χ3v) is 5.14. The first kappa shape index (κ1) is 17.6. The van der Waals surface area contributed by atoms with Crippen molar-refractivity contribution in [1.82, 2.24) is 14.5 Å². The van der Waals surface area contributed by atoms with E-state index < -0.39 is 0 Å². The molecule has 1 aliphatic heterocycles. The van der Waals surface area contributed by atoms with Gasteiger partial charge in [-0.25, -0.2) is 4.98 Å². The number of hydrogen-bond acceptors (Lipinski definition) is 7. The number of thiophene rings is 1. The van der Waals surface area contributed by atoms with Crippen LogP contribution in [0.25, 0.3) is 0 Å². The van der Waals surface area contributed by atoms with Crippen molar-refractivity contribution >= 4 is 17.2 Å². The van der Waals surface area contributed by atoms with Gasteiger partial charge in [0.05, 0.1) is 18.3 Å². The molecule has 0 N–H and O–H groups in total. The lowest BCUT2D eigenvalue weighted by Crippen LogP contribution is -2.47. The van der Waals surface area contributed by atoms with Gasteiger partial charge in [0, 0.05) is 62.9 Å². The summed E-state index contributed by atoms with van der Waals surface area (Å²) in [6, 6.07) is 4.11. The summed E-state index contributed by atoms with van der Waals surface area (Å²) in [6.07, 6.45) is 3.29. The average Bonchev–Trinajstić information content (AvgIpc) is 3.05. The molecule has 0 aliphatic carbocycles. The van der Waals surface area contributed by atoms with Crippen LogP contribution >= 0.6 is 11.3 Å². The number of likely N-dealkylation sites (N-methyl/N-ethyl adjacent to an activating group) is 1. The van der Waals surface area contributed by atoms with Crippen LogP contribution in [0.2, 0.25) is 0 Å². The Hall–Kier alpha value is -2.21. The zero-order chi connectivity index (χ0) is 17.8. The van der Waals surface area contributed by atoms with E-state index in [0.717, 1.165) is 25.2 Å². The predicted octanol–water partition coefficient (Wildman–Crippen LogP) is 1.05. The van der Waals surface area contributed by atoms with Crippen molar-refractivity contribution < 1.29 is 4.74 Å². The lowest BCUT2D eigenvalue weighted by molar-refractivity contribution is -0.0262. The molecule has 25 heavy (non-hydrogen) atoms. The largest absolute Gasteiger partial charge is 0.374 e. The second-order valence-electron chi connectivity index (χ2n) is 6.19. The third kappa shape index (κ3) is 4.25. The van der Waals surface area contributed by atoms with Gasteiger partial charge in [-0.05, 0) is 6.07 Å². The van der Waals surface area contributed by atoms with E-state index in [-0.39, 0.29) is 11.7 Å². The molecule has 1 fully saturated rings. The van der Waals surface area contributed by atoms with Crippen molar-refractivity contribution in [3.63, 3.8) is 0 Å². The molecule has 3 heterocycles. The highest BCUT2D eigenvalue weighted by Crippen LogP contribution is 2.18. The number of anilines is 1. The fourth-order valence-electron chi connectivity index (χ4n) is 2.92. The van der Waals surface area contributed by atoms with Crippen molar-refractivity contribution in [2.24, 2.45) is 7.05 Å². The molecule has 0 radical (unpaired) electrons. The first-order valence-electron chi connectivity index (χ1n) is 8.11. The summed E-state index contributed by atoms with van der Waals surface area (Å²) in [6.45, 7) is 3.75. The van der Waals surface area contributed by atoms with E-state index >= 15 is 0 Å². The lowest BCUT2D eigenvalue weighted by Gasteiger charge is -2.34. The Morgan fingerprint density at radius 2 is 2.40 bits per heavy atom. The highest BCUT2D eigenvalue weighted by Gasteiger charge is 2.23. The maximum absolute atomic E-state index is 12.2. The van der Waals surface area contributed by atoms with Crippen molar-refractivity contribution in [3.05, 3.63) is 44.6 Å². The SMILES string of the molecule is CN(C[C@H]1CN(Cc2cc(C#N)cs2)CCO1)c1nccn(C)c1=O. The van der Waals surface area contributed by atoms with E-state index in [0.29, 0.717) is 19.0 Å². The highest BCUT2D eigenvalue weighted by atomic mass is 32.1. The van der Waals surface area contributed by atoms with E-state index in [1.807, 2.05) is 23.4 Å². The number of morpholine rings is 1. The molecule has 1 atom stereocenters. The van der Waals surface area contributed by atoms with Gasteiger partial charge in [-0.2, -0.15) is 5.26 Å². The third-order valence-electron chi connectivity index (χ3n) is 4.22. The van der Waals surface area contributed by atoms with Crippen molar-refractivity contribution in [2.45, 2.75) is 12.6 Å². The Bertz CT molecular complexity index is 825. The molecule has 3 rings (SSSR count). The number of nitrogens with zero attached hydrogens (tertiary/aromatic N) is 5. The Kier molecular flexibility index (Phi) is 5.48. The summed E-state index contributed by atoms with van der Waals surface area (Å²) in [7, 11) is 3.58. The number of aryl methyl sites for hydroxylation is 1. The average molecular weight is 359 g/mol. The maximum Gasteiger partial charge on any atom is 0.293 e. The summed E-state index contributed by atoms with van der Waals surface area (Å²) in [5.74, 6) is 0.433. The predicted molar refractivity (Wildman–Crippen MR) is 96.8 cm³/mol. The first-order chi connectivity index (χ1) is 12.1. The molecular weight excluding hydrogens is 338 g/mol. The minimum atomic E-state index is -0.111. The minimum Gasteiger partial charge on any atom is -0.374 e. The van der Waals surface area contributed by atoms with Crippen molar-refractivity contribution in [1.29, 1.82) is 5.26 Å². The highest BCUT2D eigenvalue weighted by molar-refractivity contribution is 7.10. The Labute approximate surface area is 150 Å². The molecule has 0 spiro atoms. The second kappa shape index (κ2) is 7.78. The molecule has 2 aromatic heterocycles. The molecule has 7 nitrogen and oxygen atoms in total. The standard InChI is InChI=1S/C17H21N5O2S/c1-20-4-3-19-16(17(20)23)21(2)9-14-10-22(5-6-24-14)11-15-7-13(8-18)12-25-15/h3-4,7,12,14H,5-6,9-11H2,1-2H3/t14-/m0/s1. The molecule has 0 unspecified atom stereocenters. The van der Waals surface area contributed by atoms with Gasteiger partial charge in [-0.3, -0.25) is 9.69 Å². The zero-order valence-electron chi connectivity index (χ0n) is 14.4. The first-order valence-corrected chi connectivity index (χ1v) is 8.99. The van der Waals surface area contributed by atoms with Gasteiger partial charge in [0.1, 0.15) is 6.07 Å². The van der Waals surface area contributed by atoms with Crippen LogP contribution in [-0.2, 0) is 18.3 Å². The molecule has 1 saturated heterocycles. The fourth-order valence-corrected chi connectivity index (χ4v) is 3.77. The maximum atomic E-state index is 12.2. The Morgan fingerprint density at radius 1 is 1.56 bits per heavy atom. The minimum absolute atomic E-state index is 0.0147. The van der Waals surface area contributed by atoms with Gasteiger partial charge in [-0.1, -0.05) is 0 Å². The molecular formula is C17H21N5O2S. The number of ether oxygens (including phenoxy) is 1. The van der Waals surface area contributed by atoms with Gasteiger partial charge in [0.2, 0.25) is 0 Å². The number of nitriles is 1. The molecule has 2 aromatic rings. The second-order valence-corrected chi connectivity index (χ2v) is 7.18. The van der Waals surface area contributed by atoms with E-state index in [9.17, 15) is 4.79 Å². The van der Waals surface area contributed by atoms with Gasteiger partial charge >= 0.3 is 0 Å². The van der Waals surface area contributed by atoms with Crippen LogP contribution in [0, 0.1) is 11.3 Å². The topological polar surface area (TPSA) is 74.4 Å².